The molecule has 1 saturated carbocycles. The van der Waals surface area contributed by atoms with E-state index in [0.717, 1.165) is 13.0 Å². The minimum Gasteiger partial charge on any atom is -0.480 e. The number of hydrogen-bond acceptors (Lipinski definition) is 5. The Morgan fingerprint density at radius 2 is 2.12 bits per heavy atom. The van der Waals surface area contributed by atoms with E-state index >= 15 is 0 Å². The van der Waals surface area contributed by atoms with Gasteiger partial charge in [-0.15, -0.1) is 0 Å². The molecule has 2 aliphatic rings. The fourth-order valence-electron chi connectivity index (χ4n) is 4.97. The van der Waals surface area contributed by atoms with E-state index in [2.05, 4.69) is 37.8 Å². The van der Waals surface area contributed by atoms with Gasteiger partial charge in [0.2, 0.25) is 15.9 Å². The van der Waals surface area contributed by atoms with Gasteiger partial charge in [-0.2, -0.15) is 4.31 Å². The molecule has 1 saturated heterocycles. The van der Waals surface area contributed by atoms with Gasteiger partial charge < -0.3 is 9.64 Å². The molecule has 7 heteroatoms. The molecule has 3 rings (SSSR count). The lowest BCUT2D eigenvalue weighted by Gasteiger charge is -2.57. The average molecular weight is 353 g/mol. The van der Waals surface area contributed by atoms with Crippen molar-refractivity contribution in [2.24, 2.45) is 16.7 Å². The fraction of sp³-hybridized carbons (Fsp3) is 0.706. The number of ether oxygens (including phenoxy) is 1. The minimum absolute atomic E-state index is 0.0511. The number of sulfonamides is 1. The summed E-state index contributed by atoms with van der Waals surface area (Å²) in [7, 11) is 1.95. The standard InChI is InChI=1S/C17H27N3O3S/c1-16(2)10-17(11-19(3)4)12-20(9-14(16)17)24(21,22)13-7-6-8-18-15(13)23-5/h6-8,14H,9-12H2,1-5H3/t14-,17+/m1/s1. The van der Waals surface area contributed by atoms with Crippen molar-refractivity contribution in [3.05, 3.63) is 18.3 Å². The van der Waals surface area contributed by atoms with E-state index in [4.69, 9.17) is 4.74 Å². The van der Waals surface area contributed by atoms with Crippen LogP contribution in [0, 0.1) is 16.7 Å². The fourth-order valence-corrected chi connectivity index (χ4v) is 6.63. The zero-order valence-corrected chi connectivity index (χ0v) is 15.9. The minimum atomic E-state index is -3.60. The molecule has 1 aromatic rings. The second-order valence-electron chi connectivity index (χ2n) is 8.13. The molecule has 0 spiro atoms. The van der Waals surface area contributed by atoms with Crippen LogP contribution in [0.15, 0.2) is 23.2 Å². The van der Waals surface area contributed by atoms with Crippen LogP contribution in [0.5, 0.6) is 5.88 Å². The molecular weight excluding hydrogens is 326 g/mol. The van der Waals surface area contributed by atoms with Crippen LogP contribution in [0.4, 0.5) is 0 Å². The summed E-state index contributed by atoms with van der Waals surface area (Å²) in [6, 6.07) is 3.21. The largest absolute Gasteiger partial charge is 0.480 e. The molecule has 0 unspecified atom stereocenters. The third-order valence-electron chi connectivity index (χ3n) is 5.55. The van der Waals surface area contributed by atoms with Crippen LogP contribution in [0.1, 0.15) is 20.3 Å². The Morgan fingerprint density at radius 1 is 1.42 bits per heavy atom. The molecule has 0 amide bonds. The molecule has 0 N–H and O–H groups in total. The van der Waals surface area contributed by atoms with Crippen molar-refractivity contribution in [2.45, 2.75) is 25.2 Å². The molecule has 134 valence electrons. The van der Waals surface area contributed by atoms with E-state index in [1.165, 1.54) is 7.11 Å². The number of methoxy groups -OCH3 is 1. The van der Waals surface area contributed by atoms with Gasteiger partial charge >= 0.3 is 0 Å². The van der Waals surface area contributed by atoms with Gasteiger partial charge in [-0.3, -0.25) is 0 Å². The lowest BCUT2D eigenvalue weighted by Crippen LogP contribution is -2.57. The smallest absolute Gasteiger partial charge is 0.248 e. The Kier molecular flexibility index (Phi) is 4.17. The highest BCUT2D eigenvalue weighted by atomic mass is 32.2. The second kappa shape index (κ2) is 5.68. The molecular formula is C17H27N3O3S. The highest BCUT2D eigenvalue weighted by Crippen LogP contribution is 2.63. The number of fused-ring (bicyclic) bond motifs is 1. The lowest BCUT2D eigenvalue weighted by molar-refractivity contribution is -0.0789. The first-order valence-corrected chi connectivity index (χ1v) is 9.70. The quantitative estimate of drug-likeness (QED) is 0.806. The van der Waals surface area contributed by atoms with Gasteiger partial charge in [0, 0.05) is 31.2 Å². The van der Waals surface area contributed by atoms with E-state index in [-0.39, 0.29) is 21.6 Å². The summed E-state index contributed by atoms with van der Waals surface area (Å²) < 4.78 is 33.1. The first-order valence-electron chi connectivity index (χ1n) is 8.26. The molecule has 1 aromatic heterocycles. The van der Waals surface area contributed by atoms with E-state index in [1.54, 1.807) is 22.6 Å². The van der Waals surface area contributed by atoms with Crippen molar-refractivity contribution in [1.29, 1.82) is 0 Å². The van der Waals surface area contributed by atoms with Gasteiger partial charge in [0.05, 0.1) is 7.11 Å². The van der Waals surface area contributed by atoms with Crippen molar-refractivity contribution in [1.82, 2.24) is 14.2 Å². The monoisotopic (exact) mass is 353 g/mol. The van der Waals surface area contributed by atoms with Crippen molar-refractivity contribution < 1.29 is 13.2 Å². The summed E-state index contributed by atoms with van der Waals surface area (Å²) >= 11 is 0. The highest BCUT2D eigenvalue weighted by Gasteiger charge is 2.64. The third kappa shape index (κ3) is 2.62. The van der Waals surface area contributed by atoms with E-state index in [1.807, 2.05) is 0 Å². The first-order chi connectivity index (χ1) is 11.1. The Balaban J connectivity index is 1.94. The SMILES string of the molecule is COc1ncccc1S(=O)(=O)N1C[C@@H]2C(C)(C)C[C@]2(CN(C)C)C1. The van der Waals surface area contributed by atoms with Crippen LogP contribution in [0.2, 0.25) is 0 Å². The van der Waals surface area contributed by atoms with Gasteiger partial charge in [-0.25, -0.2) is 13.4 Å². The van der Waals surface area contributed by atoms with Crippen LogP contribution in [0.3, 0.4) is 0 Å². The molecule has 2 heterocycles. The molecule has 2 atom stereocenters. The molecule has 6 nitrogen and oxygen atoms in total. The molecule has 0 bridgehead atoms. The summed E-state index contributed by atoms with van der Waals surface area (Å²) in [5, 5.41) is 0. The Hall–Kier alpha value is -1.18. The first kappa shape index (κ1) is 17.6. The number of rotatable bonds is 5. The Bertz CT molecular complexity index is 728. The predicted octanol–water partition coefficient (Wildman–Crippen LogP) is 1.69. The lowest BCUT2D eigenvalue weighted by atomic mass is 9.48. The summed E-state index contributed by atoms with van der Waals surface area (Å²) in [4.78, 5) is 6.38. The summed E-state index contributed by atoms with van der Waals surface area (Å²) in [5.74, 6) is 0.544. The molecule has 0 radical (unpaired) electrons. The van der Waals surface area contributed by atoms with Crippen LogP contribution in [-0.4, -0.2) is 63.4 Å². The van der Waals surface area contributed by atoms with E-state index in [0.29, 0.717) is 19.0 Å². The number of aromatic nitrogens is 1. The van der Waals surface area contributed by atoms with Gasteiger partial charge in [-0.05, 0) is 44.0 Å². The van der Waals surface area contributed by atoms with E-state index in [9.17, 15) is 8.42 Å². The number of nitrogens with zero attached hydrogens (tertiary/aromatic N) is 3. The molecule has 2 fully saturated rings. The third-order valence-corrected chi connectivity index (χ3v) is 7.37. The van der Waals surface area contributed by atoms with Crippen molar-refractivity contribution >= 4 is 10.0 Å². The molecule has 0 aromatic carbocycles. The van der Waals surface area contributed by atoms with Crippen LogP contribution < -0.4 is 4.74 Å². The average Bonchev–Trinajstić information content (AvgIpc) is 2.81. The van der Waals surface area contributed by atoms with Gasteiger partial charge in [-0.1, -0.05) is 13.8 Å². The summed E-state index contributed by atoms with van der Waals surface area (Å²) in [6.07, 6.45) is 2.60. The summed E-state index contributed by atoms with van der Waals surface area (Å²) in [6.45, 7) is 6.54. The second-order valence-corrected chi connectivity index (χ2v) is 10.0. The maximum Gasteiger partial charge on any atom is 0.248 e. The highest BCUT2D eigenvalue weighted by molar-refractivity contribution is 7.89. The molecule has 24 heavy (non-hydrogen) atoms. The van der Waals surface area contributed by atoms with E-state index < -0.39 is 10.0 Å². The predicted molar refractivity (Wildman–Crippen MR) is 92.4 cm³/mol. The summed E-state index contributed by atoms with van der Waals surface area (Å²) in [5.41, 5.74) is 0.231. The van der Waals surface area contributed by atoms with Gasteiger partial charge in [0.1, 0.15) is 4.90 Å². The van der Waals surface area contributed by atoms with Crippen LogP contribution >= 0.6 is 0 Å². The van der Waals surface area contributed by atoms with Crippen molar-refractivity contribution in [3.8, 4) is 5.88 Å². The molecule has 1 aliphatic heterocycles. The molecule has 1 aliphatic carbocycles. The zero-order valence-electron chi connectivity index (χ0n) is 15.1. The normalized spacial score (nSPS) is 29.3. The zero-order chi connectivity index (χ0) is 17.8. The number of pyridine rings is 1. The van der Waals surface area contributed by atoms with Crippen LogP contribution in [0.25, 0.3) is 0 Å². The van der Waals surface area contributed by atoms with Crippen molar-refractivity contribution in [3.63, 3.8) is 0 Å². The maximum atomic E-state index is 13.2. The van der Waals surface area contributed by atoms with Crippen molar-refractivity contribution in [2.75, 3.05) is 40.8 Å². The topological polar surface area (TPSA) is 62.7 Å². The van der Waals surface area contributed by atoms with Crippen LogP contribution in [-0.2, 0) is 10.0 Å². The number of hydrogen-bond donors (Lipinski definition) is 0. The maximum absolute atomic E-state index is 13.2. The van der Waals surface area contributed by atoms with Gasteiger partial charge in [0.25, 0.3) is 0 Å². The van der Waals surface area contributed by atoms with Gasteiger partial charge in [0.15, 0.2) is 0 Å². The Morgan fingerprint density at radius 3 is 2.71 bits per heavy atom. The Labute approximate surface area is 144 Å².